The van der Waals surface area contributed by atoms with Gasteiger partial charge in [0.1, 0.15) is 5.15 Å². The van der Waals surface area contributed by atoms with E-state index in [0.717, 1.165) is 30.2 Å². The van der Waals surface area contributed by atoms with Gasteiger partial charge in [0.05, 0.1) is 0 Å². The van der Waals surface area contributed by atoms with Crippen molar-refractivity contribution in [1.82, 2.24) is 9.88 Å². The molecule has 1 aromatic heterocycles. The fourth-order valence-corrected chi connectivity index (χ4v) is 2.42. The van der Waals surface area contributed by atoms with Crippen molar-refractivity contribution in [3.8, 4) is 0 Å². The normalized spacial score (nSPS) is 11.0. The van der Waals surface area contributed by atoms with Gasteiger partial charge in [-0.2, -0.15) is 0 Å². The highest BCUT2D eigenvalue weighted by molar-refractivity contribution is 6.30. The van der Waals surface area contributed by atoms with E-state index in [9.17, 15) is 0 Å². The molecule has 0 aliphatic heterocycles. The largest absolute Gasteiger partial charge is 0.294 e. The SMILES string of the molecule is ClCCN(Cc1ccc(Cl)cc1)Cc1ccc(Cl)nc1. The highest BCUT2D eigenvalue weighted by atomic mass is 35.5. The van der Waals surface area contributed by atoms with Crippen LogP contribution in [0, 0.1) is 0 Å². The maximum atomic E-state index is 5.90. The van der Waals surface area contributed by atoms with Gasteiger partial charge in [-0.25, -0.2) is 4.98 Å². The molecule has 0 fully saturated rings. The topological polar surface area (TPSA) is 16.1 Å². The van der Waals surface area contributed by atoms with Crippen molar-refractivity contribution in [3.63, 3.8) is 0 Å². The summed E-state index contributed by atoms with van der Waals surface area (Å²) in [6.45, 7) is 2.43. The van der Waals surface area contributed by atoms with E-state index in [1.54, 1.807) is 12.3 Å². The summed E-state index contributed by atoms with van der Waals surface area (Å²) >= 11 is 17.6. The Morgan fingerprint density at radius 2 is 1.55 bits per heavy atom. The van der Waals surface area contributed by atoms with Crippen LogP contribution in [0.1, 0.15) is 11.1 Å². The molecule has 0 amide bonds. The number of rotatable bonds is 6. The number of halogens is 3. The number of hydrogen-bond donors (Lipinski definition) is 0. The quantitative estimate of drug-likeness (QED) is 0.567. The lowest BCUT2D eigenvalue weighted by molar-refractivity contribution is 0.273. The summed E-state index contributed by atoms with van der Waals surface area (Å²) in [7, 11) is 0. The van der Waals surface area contributed by atoms with E-state index in [2.05, 4.69) is 9.88 Å². The number of aromatic nitrogens is 1. The highest BCUT2D eigenvalue weighted by Gasteiger charge is 2.07. The maximum absolute atomic E-state index is 5.90. The molecular formula is C15H15Cl3N2. The maximum Gasteiger partial charge on any atom is 0.129 e. The molecule has 106 valence electrons. The van der Waals surface area contributed by atoms with Gasteiger partial charge in [-0.05, 0) is 29.3 Å². The molecule has 2 rings (SSSR count). The second-order valence-corrected chi connectivity index (χ2v) is 5.72. The third-order valence-corrected chi connectivity index (χ3v) is 3.56. The highest BCUT2D eigenvalue weighted by Crippen LogP contribution is 2.14. The van der Waals surface area contributed by atoms with Crippen molar-refractivity contribution in [1.29, 1.82) is 0 Å². The van der Waals surface area contributed by atoms with Gasteiger partial charge in [0.15, 0.2) is 0 Å². The first kappa shape index (κ1) is 15.6. The molecule has 20 heavy (non-hydrogen) atoms. The van der Waals surface area contributed by atoms with Crippen molar-refractivity contribution >= 4 is 34.8 Å². The fourth-order valence-electron chi connectivity index (χ4n) is 1.94. The summed E-state index contributed by atoms with van der Waals surface area (Å²) in [6.07, 6.45) is 1.80. The summed E-state index contributed by atoms with van der Waals surface area (Å²) in [6, 6.07) is 11.7. The summed E-state index contributed by atoms with van der Waals surface area (Å²) < 4.78 is 0. The molecular weight excluding hydrogens is 315 g/mol. The lowest BCUT2D eigenvalue weighted by atomic mass is 10.2. The Kier molecular flexibility index (Phi) is 6.11. The zero-order valence-corrected chi connectivity index (χ0v) is 13.2. The average Bonchev–Trinajstić information content (AvgIpc) is 2.44. The zero-order valence-electron chi connectivity index (χ0n) is 10.9. The zero-order chi connectivity index (χ0) is 14.4. The van der Waals surface area contributed by atoms with Crippen LogP contribution >= 0.6 is 34.8 Å². The van der Waals surface area contributed by atoms with Crippen molar-refractivity contribution in [2.24, 2.45) is 0 Å². The fraction of sp³-hybridized carbons (Fsp3) is 0.267. The monoisotopic (exact) mass is 328 g/mol. The number of alkyl halides is 1. The van der Waals surface area contributed by atoms with Crippen molar-refractivity contribution < 1.29 is 0 Å². The van der Waals surface area contributed by atoms with Gasteiger partial charge in [-0.3, -0.25) is 4.90 Å². The standard InChI is InChI=1S/C15H15Cl3N2/c16-7-8-20(10-12-1-4-14(17)5-2-12)11-13-3-6-15(18)19-9-13/h1-6,9H,7-8,10-11H2. The molecule has 0 N–H and O–H groups in total. The molecule has 1 aromatic carbocycles. The van der Waals surface area contributed by atoms with Crippen LogP contribution in [0.4, 0.5) is 0 Å². The van der Waals surface area contributed by atoms with E-state index >= 15 is 0 Å². The third-order valence-electron chi connectivity index (χ3n) is 2.92. The van der Waals surface area contributed by atoms with Crippen LogP contribution in [-0.2, 0) is 13.1 Å². The van der Waals surface area contributed by atoms with Gasteiger partial charge in [-0.1, -0.05) is 41.4 Å². The summed E-state index contributed by atoms with van der Waals surface area (Å²) in [5.41, 5.74) is 2.33. The predicted octanol–water partition coefficient (Wildman–Crippen LogP) is 4.63. The van der Waals surface area contributed by atoms with Gasteiger partial charge >= 0.3 is 0 Å². The van der Waals surface area contributed by atoms with E-state index in [0.29, 0.717) is 11.0 Å². The molecule has 0 bridgehead atoms. The Morgan fingerprint density at radius 1 is 0.900 bits per heavy atom. The van der Waals surface area contributed by atoms with Crippen LogP contribution in [-0.4, -0.2) is 22.3 Å². The van der Waals surface area contributed by atoms with E-state index in [1.807, 2.05) is 30.3 Å². The van der Waals surface area contributed by atoms with Gasteiger partial charge in [0.2, 0.25) is 0 Å². The van der Waals surface area contributed by atoms with E-state index in [4.69, 9.17) is 34.8 Å². The van der Waals surface area contributed by atoms with Gasteiger partial charge < -0.3 is 0 Å². The predicted molar refractivity (Wildman–Crippen MR) is 85.5 cm³/mol. The smallest absolute Gasteiger partial charge is 0.129 e. The first-order valence-corrected chi connectivity index (χ1v) is 7.59. The molecule has 0 aliphatic rings. The van der Waals surface area contributed by atoms with Crippen LogP contribution in [0.25, 0.3) is 0 Å². The summed E-state index contributed by atoms with van der Waals surface area (Å²) in [5.74, 6) is 0.592. The van der Waals surface area contributed by atoms with Crippen LogP contribution in [0.2, 0.25) is 10.2 Å². The Balaban J connectivity index is 2.02. The van der Waals surface area contributed by atoms with Crippen LogP contribution < -0.4 is 0 Å². The first-order chi connectivity index (χ1) is 9.67. The molecule has 0 unspecified atom stereocenters. The summed E-state index contributed by atoms with van der Waals surface area (Å²) in [4.78, 5) is 6.36. The van der Waals surface area contributed by atoms with Crippen LogP contribution in [0.5, 0.6) is 0 Å². The molecule has 1 heterocycles. The average molecular weight is 330 g/mol. The Labute approximate surface area is 134 Å². The van der Waals surface area contributed by atoms with E-state index < -0.39 is 0 Å². The number of pyridine rings is 1. The molecule has 5 heteroatoms. The lowest BCUT2D eigenvalue weighted by Crippen LogP contribution is -2.25. The first-order valence-electron chi connectivity index (χ1n) is 6.30. The minimum atomic E-state index is 0.510. The van der Waals surface area contributed by atoms with Gasteiger partial charge in [-0.15, -0.1) is 11.6 Å². The van der Waals surface area contributed by atoms with Crippen LogP contribution in [0.3, 0.4) is 0 Å². The number of hydrogen-bond acceptors (Lipinski definition) is 2. The minimum absolute atomic E-state index is 0.510. The minimum Gasteiger partial charge on any atom is -0.294 e. The molecule has 2 nitrogen and oxygen atoms in total. The van der Waals surface area contributed by atoms with Gasteiger partial charge in [0.25, 0.3) is 0 Å². The van der Waals surface area contributed by atoms with E-state index in [1.165, 1.54) is 5.56 Å². The van der Waals surface area contributed by atoms with Crippen molar-refractivity contribution in [2.75, 3.05) is 12.4 Å². The lowest BCUT2D eigenvalue weighted by Gasteiger charge is -2.21. The van der Waals surface area contributed by atoms with Crippen molar-refractivity contribution in [3.05, 3.63) is 63.9 Å². The Hall–Kier alpha value is -0.800. The molecule has 0 atom stereocenters. The van der Waals surface area contributed by atoms with Gasteiger partial charge in [0, 0.05) is 36.7 Å². The second-order valence-electron chi connectivity index (χ2n) is 4.52. The number of benzene rings is 1. The molecule has 2 aromatic rings. The number of nitrogens with zero attached hydrogens (tertiary/aromatic N) is 2. The van der Waals surface area contributed by atoms with Crippen LogP contribution in [0.15, 0.2) is 42.6 Å². The molecule has 0 radical (unpaired) electrons. The Morgan fingerprint density at radius 3 is 2.15 bits per heavy atom. The molecule has 0 aliphatic carbocycles. The van der Waals surface area contributed by atoms with E-state index in [-0.39, 0.29) is 0 Å². The van der Waals surface area contributed by atoms with Crippen molar-refractivity contribution in [2.45, 2.75) is 13.1 Å². The summed E-state index contributed by atoms with van der Waals surface area (Å²) in [5, 5.41) is 1.26. The molecule has 0 saturated carbocycles. The molecule has 0 saturated heterocycles. The third kappa shape index (κ3) is 4.95. The Bertz CT molecular complexity index is 478. The molecule has 0 spiro atoms. The second kappa shape index (κ2) is 7.84.